The number of anilines is 2. The number of nitrogens with zero attached hydrogens (tertiary/aromatic N) is 2. The van der Waals surface area contributed by atoms with E-state index in [-0.39, 0.29) is 0 Å². The highest BCUT2D eigenvalue weighted by Crippen LogP contribution is 2.26. The van der Waals surface area contributed by atoms with Crippen LogP contribution in [0.2, 0.25) is 5.02 Å². The predicted molar refractivity (Wildman–Crippen MR) is 87.3 cm³/mol. The maximum Gasteiger partial charge on any atom is 0.146 e. The van der Waals surface area contributed by atoms with Gasteiger partial charge in [0.25, 0.3) is 0 Å². The van der Waals surface area contributed by atoms with E-state index in [0.29, 0.717) is 6.54 Å². The predicted octanol–water partition coefficient (Wildman–Crippen LogP) is 4.33. The summed E-state index contributed by atoms with van der Waals surface area (Å²) in [7, 11) is 0. The molecule has 2 N–H and O–H groups in total. The molecule has 0 bridgehead atoms. The topological polar surface area (TPSA) is 49.8 Å². The van der Waals surface area contributed by atoms with Crippen LogP contribution in [0.15, 0.2) is 35.1 Å². The quantitative estimate of drug-likeness (QED) is 0.810. The third kappa shape index (κ3) is 4.08. The van der Waals surface area contributed by atoms with Crippen molar-refractivity contribution in [2.24, 2.45) is 0 Å². The zero-order valence-electron chi connectivity index (χ0n) is 11.2. The van der Waals surface area contributed by atoms with Crippen LogP contribution in [0.25, 0.3) is 0 Å². The Morgan fingerprint density at radius 3 is 2.65 bits per heavy atom. The molecule has 0 aliphatic carbocycles. The number of aromatic nitrogens is 2. The molecule has 1 aromatic heterocycles. The molecule has 2 rings (SSSR count). The number of halogens is 2. The molecule has 1 heterocycles. The van der Waals surface area contributed by atoms with E-state index >= 15 is 0 Å². The SMILES string of the molecule is CCCNc1ncnc(NCc2cccc(Cl)c2)c1Br. The summed E-state index contributed by atoms with van der Waals surface area (Å²) in [5, 5.41) is 7.26. The van der Waals surface area contributed by atoms with E-state index in [2.05, 4.69) is 43.5 Å². The molecule has 1 aromatic carbocycles. The summed E-state index contributed by atoms with van der Waals surface area (Å²) in [4.78, 5) is 8.46. The van der Waals surface area contributed by atoms with Gasteiger partial charge in [0.05, 0.1) is 0 Å². The lowest BCUT2D eigenvalue weighted by molar-refractivity contribution is 0.960. The molecule has 0 radical (unpaired) electrons. The standard InChI is InChI=1S/C14H16BrClN4/c1-2-6-17-13-12(15)14(20-9-19-13)18-8-10-4-3-5-11(16)7-10/h3-5,7,9H,2,6,8H2,1H3,(H2,17,18,19,20). The van der Waals surface area contributed by atoms with Crippen molar-refractivity contribution in [3.63, 3.8) is 0 Å². The fourth-order valence-corrected chi connectivity index (χ4v) is 2.39. The number of nitrogens with one attached hydrogen (secondary N) is 2. The van der Waals surface area contributed by atoms with Crippen molar-refractivity contribution in [3.8, 4) is 0 Å². The normalized spacial score (nSPS) is 10.3. The second-order valence-electron chi connectivity index (χ2n) is 4.30. The summed E-state index contributed by atoms with van der Waals surface area (Å²) in [6.07, 6.45) is 2.59. The van der Waals surface area contributed by atoms with Crippen LogP contribution in [0.1, 0.15) is 18.9 Å². The zero-order chi connectivity index (χ0) is 14.4. The molecule has 2 aromatic rings. The number of hydrogen-bond acceptors (Lipinski definition) is 4. The molecular weight excluding hydrogens is 340 g/mol. The second kappa shape index (κ2) is 7.45. The van der Waals surface area contributed by atoms with E-state index in [4.69, 9.17) is 11.6 Å². The van der Waals surface area contributed by atoms with E-state index in [9.17, 15) is 0 Å². The molecule has 106 valence electrons. The van der Waals surface area contributed by atoms with Gasteiger partial charge >= 0.3 is 0 Å². The van der Waals surface area contributed by atoms with Gasteiger partial charge in [-0.25, -0.2) is 9.97 Å². The molecule has 20 heavy (non-hydrogen) atoms. The third-order valence-corrected chi connectivity index (χ3v) is 3.67. The smallest absolute Gasteiger partial charge is 0.146 e. The fourth-order valence-electron chi connectivity index (χ4n) is 1.69. The molecular formula is C14H16BrClN4. The van der Waals surface area contributed by atoms with Crippen LogP contribution in [0.5, 0.6) is 0 Å². The molecule has 0 unspecified atom stereocenters. The highest BCUT2D eigenvalue weighted by atomic mass is 79.9. The number of benzene rings is 1. The van der Waals surface area contributed by atoms with Crippen LogP contribution in [0.3, 0.4) is 0 Å². The van der Waals surface area contributed by atoms with Crippen molar-refractivity contribution in [1.29, 1.82) is 0 Å². The highest BCUT2D eigenvalue weighted by molar-refractivity contribution is 9.10. The van der Waals surface area contributed by atoms with Gasteiger partial charge < -0.3 is 10.6 Å². The fraction of sp³-hybridized carbons (Fsp3) is 0.286. The minimum absolute atomic E-state index is 0.656. The largest absolute Gasteiger partial charge is 0.369 e. The molecule has 0 fully saturated rings. The Balaban J connectivity index is 2.06. The molecule has 0 atom stereocenters. The average molecular weight is 356 g/mol. The number of rotatable bonds is 6. The van der Waals surface area contributed by atoms with Crippen molar-refractivity contribution in [1.82, 2.24) is 9.97 Å². The van der Waals surface area contributed by atoms with Crippen molar-refractivity contribution < 1.29 is 0 Å². The molecule has 0 saturated carbocycles. The zero-order valence-corrected chi connectivity index (χ0v) is 13.5. The van der Waals surface area contributed by atoms with Crippen LogP contribution >= 0.6 is 27.5 Å². The second-order valence-corrected chi connectivity index (χ2v) is 5.52. The Hall–Kier alpha value is -1.33. The molecule has 0 spiro atoms. The van der Waals surface area contributed by atoms with E-state index in [1.165, 1.54) is 0 Å². The van der Waals surface area contributed by atoms with Gasteiger partial charge in [0.2, 0.25) is 0 Å². The summed E-state index contributed by atoms with van der Waals surface area (Å²) in [5.74, 6) is 1.56. The molecule has 0 aliphatic rings. The summed E-state index contributed by atoms with van der Waals surface area (Å²) in [6, 6.07) is 7.74. The first-order valence-electron chi connectivity index (χ1n) is 6.43. The van der Waals surface area contributed by atoms with Crippen LogP contribution in [-0.4, -0.2) is 16.5 Å². The lowest BCUT2D eigenvalue weighted by Gasteiger charge is -2.11. The molecule has 0 amide bonds. The maximum atomic E-state index is 5.97. The van der Waals surface area contributed by atoms with E-state index in [1.807, 2.05) is 24.3 Å². The van der Waals surface area contributed by atoms with Crippen LogP contribution in [0.4, 0.5) is 11.6 Å². The Labute approximate surface area is 132 Å². The van der Waals surface area contributed by atoms with Crippen LogP contribution < -0.4 is 10.6 Å². The van der Waals surface area contributed by atoms with Crippen molar-refractivity contribution >= 4 is 39.2 Å². The molecule has 4 nitrogen and oxygen atoms in total. The monoisotopic (exact) mass is 354 g/mol. The van der Waals surface area contributed by atoms with Gasteiger partial charge in [-0.1, -0.05) is 30.7 Å². The van der Waals surface area contributed by atoms with Gasteiger partial charge in [0.1, 0.15) is 22.4 Å². The van der Waals surface area contributed by atoms with Crippen LogP contribution in [0, 0.1) is 0 Å². The van der Waals surface area contributed by atoms with Crippen molar-refractivity contribution in [3.05, 3.63) is 45.7 Å². The van der Waals surface area contributed by atoms with E-state index < -0.39 is 0 Å². The van der Waals surface area contributed by atoms with Gasteiger partial charge in [-0.15, -0.1) is 0 Å². The van der Waals surface area contributed by atoms with Gasteiger partial charge in [0.15, 0.2) is 0 Å². The summed E-state index contributed by atoms with van der Waals surface area (Å²) in [6.45, 7) is 3.65. The lowest BCUT2D eigenvalue weighted by Crippen LogP contribution is -2.07. The average Bonchev–Trinajstić information content (AvgIpc) is 2.45. The molecule has 0 aliphatic heterocycles. The van der Waals surface area contributed by atoms with Crippen molar-refractivity contribution in [2.75, 3.05) is 17.2 Å². The van der Waals surface area contributed by atoms with Gasteiger partial charge in [0, 0.05) is 18.1 Å². The van der Waals surface area contributed by atoms with E-state index in [1.54, 1.807) is 6.33 Å². The first-order valence-corrected chi connectivity index (χ1v) is 7.60. The van der Waals surface area contributed by atoms with Crippen molar-refractivity contribution in [2.45, 2.75) is 19.9 Å². The lowest BCUT2D eigenvalue weighted by atomic mass is 10.2. The van der Waals surface area contributed by atoms with Gasteiger partial charge in [-0.3, -0.25) is 0 Å². The highest BCUT2D eigenvalue weighted by Gasteiger charge is 2.07. The minimum atomic E-state index is 0.656. The minimum Gasteiger partial charge on any atom is -0.369 e. The summed E-state index contributed by atoms with van der Waals surface area (Å²) < 4.78 is 0.843. The summed E-state index contributed by atoms with van der Waals surface area (Å²) >= 11 is 9.49. The first kappa shape index (κ1) is 15.1. The maximum absolute atomic E-state index is 5.97. The number of hydrogen-bond donors (Lipinski definition) is 2. The molecule has 6 heteroatoms. The first-order chi connectivity index (χ1) is 9.70. The Bertz CT molecular complexity index is 577. The van der Waals surface area contributed by atoms with Gasteiger partial charge in [-0.05, 0) is 40.0 Å². The Kier molecular flexibility index (Phi) is 5.61. The Morgan fingerprint density at radius 2 is 1.95 bits per heavy atom. The Morgan fingerprint density at radius 1 is 1.20 bits per heavy atom. The van der Waals surface area contributed by atoms with Gasteiger partial charge in [-0.2, -0.15) is 0 Å². The summed E-state index contributed by atoms with van der Waals surface area (Å²) in [5.41, 5.74) is 1.10. The molecule has 0 saturated heterocycles. The van der Waals surface area contributed by atoms with E-state index in [0.717, 1.165) is 39.7 Å². The van der Waals surface area contributed by atoms with Crippen LogP contribution in [-0.2, 0) is 6.54 Å². The third-order valence-electron chi connectivity index (χ3n) is 2.68.